The Kier molecular flexibility index (Phi) is 3.22. The van der Waals surface area contributed by atoms with Crippen LogP contribution in [-0.4, -0.2) is 45.5 Å². The van der Waals surface area contributed by atoms with Gasteiger partial charge >= 0.3 is 0 Å². The van der Waals surface area contributed by atoms with Crippen LogP contribution in [0.5, 0.6) is 0 Å². The van der Waals surface area contributed by atoms with Crippen LogP contribution in [0.4, 0.5) is 5.82 Å². The van der Waals surface area contributed by atoms with Gasteiger partial charge in [-0.25, -0.2) is 9.50 Å². The second kappa shape index (κ2) is 4.82. The fraction of sp³-hybridized carbons (Fsp3) is 0.364. The Bertz CT molecular complexity index is 521. The van der Waals surface area contributed by atoms with Crippen molar-refractivity contribution in [3.63, 3.8) is 0 Å². The Labute approximate surface area is 99.3 Å². The maximum Gasteiger partial charge on any atom is 0.241 e. The van der Waals surface area contributed by atoms with E-state index in [2.05, 4.69) is 15.4 Å². The van der Waals surface area contributed by atoms with Crippen molar-refractivity contribution in [2.75, 3.05) is 25.5 Å². The van der Waals surface area contributed by atoms with Crippen LogP contribution in [0.25, 0.3) is 5.52 Å². The van der Waals surface area contributed by atoms with Crippen LogP contribution < -0.4 is 5.32 Å². The summed E-state index contributed by atoms with van der Waals surface area (Å²) in [6, 6.07) is 1.85. The van der Waals surface area contributed by atoms with E-state index in [0.717, 1.165) is 5.52 Å². The molecule has 0 atom stereocenters. The molecule has 0 saturated heterocycles. The Morgan fingerprint density at radius 3 is 3.12 bits per heavy atom. The maximum absolute atomic E-state index is 11.6. The molecule has 2 aromatic heterocycles. The number of hydrogen-bond acceptors (Lipinski definition) is 4. The van der Waals surface area contributed by atoms with Gasteiger partial charge in [0.1, 0.15) is 5.52 Å². The first-order valence-electron chi connectivity index (χ1n) is 5.48. The van der Waals surface area contributed by atoms with Crippen LogP contribution in [0, 0.1) is 0 Å². The molecule has 2 rings (SSSR count). The number of aromatic nitrogens is 3. The zero-order valence-corrected chi connectivity index (χ0v) is 9.92. The van der Waals surface area contributed by atoms with Gasteiger partial charge in [0.15, 0.2) is 5.82 Å². The lowest BCUT2D eigenvalue weighted by Gasteiger charge is -2.15. The largest absolute Gasteiger partial charge is 0.359 e. The summed E-state index contributed by atoms with van der Waals surface area (Å²) in [5.41, 5.74) is 0.861. The molecule has 0 fully saturated rings. The zero-order valence-electron chi connectivity index (χ0n) is 9.92. The number of likely N-dealkylation sites (N-methyl/N-ethyl adjacent to an activating group) is 1. The molecule has 6 heteroatoms. The van der Waals surface area contributed by atoms with E-state index in [1.807, 2.05) is 13.0 Å². The molecule has 1 N–H and O–H groups in total. The van der Waals surface area contributed by atoms with Crippen molar-refractivity contribution in [1.82, 2.24) is 19.5 Å². The average Bonchev–Trinajstić information content (AvgIpc) is 2.83. The second-order valence-corrected chi connectivity index (χ2v) is 3.70. The summed E-state index contributed by atoms with van der Waals surface area (Å²) >= 11 is 0. The minimum atomic E-state index is 0.0378. The summed E-state index contributed by atoms with van der Waals surface area (Å²) < 4.78 is 1.71. The molecule has 0 aliphatic heterocycles. The van der Waals surface area contributed by atoms with Crippen molar-refractivity contribution in [2.24, 2.45) is 0 Å². The number of anilines is 1. The molecule has 0 aliphatic carbocycles. The van der Waals surface area contributed by atoms with E-state index in [4.69, 9.17) is 0 Å². The lowest BCUT2D eigenvalue weighted by molar-refractivity contribution is -0.127. The van der Waals surface area contributed by atoms with E-state index in [1.165, 1.54) is 0 Å². The first-order chi connectivity index (χ1) is 8.22. The van der Waals surface area contributed by atoms with E-state index in [-0.39, 0.29) is 12.5 Å². The summed E-state index contributed by atoms with van der Waals surface area (Å²) in [7, 11) is 1.77. The number of nitrogens with zero attached hydrogens (tertiary/aromatic N) is 4. The molecular weight excluding hydrogens is 218 g/mol. The van der Waals surface area contributed by atoms with Gasteiger partial charge in [-0.2, -0.15) is 5.10 Å². The maximum atomic E-state index is 11.6. The topological polar surface area (TPSA) is 62.5 Å². The monoisotopic (exact) mass is 233 g/mol. The first-order valence-corrected chi connectivity index (χ1v) is 5.48. The molecule has 0 aliphatic rings. The molecule has 0 aromatic carbocycles. The van der Waals surface area contributed by atoms with Crippen LogP contribution in [0.15, 0.2) is 24.7 Å². The summed E-state index contributed by atoms with van der Waals surface area (Å²) in [6.07, 6.45) is 5.11. The molecule has 2 aromatic rings. The van der Waals surface area contributed by atoms with E-state index < -0.39 is 0 Å². The van der Waals surface area contributed by atoms with E-state index >= 15 is 0 Å². The van der Waals surface area contributed by atoms with Gasteiger partial charge in [-0.3, -0.25) is 4.79 Å². The molecular formula is C11H15N5O. The highest BCUT2D eigenvalue weighted by Crippen LogP contribution is 2.11. The van der Waals surface area contributed by atoms with E-state index in [1.54, 1.807) is 35.1 Å². The van der Waals surface area contributed by atoms with Gasteiger partial charge in [-0.05, 0) is 13.0 Å². The van der Waals surface area contributed by atoms with E-state index in [0.29, 0.717) is 12.4 Å². The third-order valence-electron chi connectivity index (χ3n) is 2.63. The molecule has 0 radical (unpaired) electrons. The van der Waals surface area contributed by atoms with Crippen molar-refractivity contribution >= 4 is 17.2 Å². The molecule has 6 nitrogen and oxygen atoms in total. The van der Waals surface area contributed by atoms with Crippen molar-refractivity contribution in [3.05, 3.63) is 24.7 Å². The summed E-state index contributed by atoms with van der Waals surface area (Å²) in [4.78, 5) is 17.5. The molecule has 0 unspecified atom stereocenters. The molecule has 0 saturated carbocycles. The van der Waals surface area contributed by atoms with Crippen LogP contribution in [-0.2, 0) is 4.79 Å². The van der Waals surface area contributed by atoms with Gasteiger partial charge in [-0.1, -0.05) is 0 Å². The highest BCUT2D eigenvalue weighted by Gasteiger charge is 2.08. The summed E-state index contributed by atoms with van der Waals surface area (Å²) in [5, 5.41) is 7.12. The number of amides is 1. The lowest BCUT2D eigenvalue weighted by Crippen LogP contribution is -2.32. The first kappa shape index (κ1) is 11.4. The van der Waals surface area contributed by atoms with Crippen molar-refractivity contribution in [2.45, 2.75) is 6.92 Å². The Hall–Kier alpha value is -2.11. The fourth-order valence-electron chi connectivity index (χ4n) is 1.46. The second-order valence-electron chi connectivity index (χ2n) is 3.70. The van der Waals surface area contributed by atoms with Gasteiger partial charge < -0.3 is 10.2 Å². The number of carbonyl (C=O) groups excluding carboxylic acids is 1. The molecule has 1 amide bonds. The summed E-state index contributed by atoms with van der Waals surface area (Å²) in [5.74, 6) is 0.707. The van der Waals surface area contributed by atoms with Gasteiger partial charge in [0, 0.05) is 26.0 Å². The number of carbonyl (C=O) groups is 1. The molecule has 17 heavy (non-hydrogen) atoms. The predicted molar refractivity (Wildman–Crippen MR) is 64.8 cm³/mol. The molecule has 2 heterocycles. The lowest BCUT2D eigenvalue weighted by atomic mass is 10.4. The van der Waals surface area contributed by atoms with Crippen LogP contribution >= 0.6 is 0 Å². The zero-order chi connectivity index (χ0) is 12.3. The third kappa shape index (κ3) is 2.35. The van der Waals surface area contributed by atoms with Crippen molar-refractivity contribution in [3.8, 4) is 0 Å². The Balaban J connectivity index is 2.09. The Morgan fingerprint density at radius 1 is 1.53 bits per heavy atom. The van der Waals surface area contributed by atoms with Gasteiger partial charge in [0.2, 0.25) is 5.91 Å². The minimum absolute atomic E-state index is 0.0378. The van der Waals surface area contributed by atoms with Gasteiger partial charge in [-0.15, -0.1) is 0 Å². The van der Waals surface area contributed by atoms with Crippen molar-refractivity contribution < 1.29 is 4.79 Å². The van der Waals surface area contributed by atoms with Crippen molar-refractivity contribution in [1.29, 1.82) is 0 Å². The quantitative estimate of drug-likeness (QED) is 0.841. The number of fused-ring (bicyclic) bond motifs is 1. The smallest absolute Gasteiger partial charge is 0.241 e. The van der Waals surface area contributed by atoms with Crippen LogP contribution in [0.3, 0.4) is 0 Å². The van der Waals surface area contributed by atoms with Crippen LogP contribution in [0.2, 0.25) is 0 Å². The number of rotatable bonds is 4. The number of nitrogens with one attached hydrogen (secondary N) is 1. The standard InChI is InChI=1S/C11H15N5O/c1-3-15(2)10(17)8-13-11-9-4-5-14-16(9)7-6-12-11/h4-7H,3,8H2,1-2H3,(H,12,13). The van der Waals surface area contributed by atoms with Gasteiger partial charge in [0.25, 0.3) is 0 Å². The fourth-order valence-corrected chi connectivity index (χ4v) is 1.46. The molecule has 0 spiro atoms. The van der Waals surface area contributed by atoms with Gasteiger partial charge in [0.05, 0.1) is 12.7 Å². The number of hydrogen-bond donors (Lipinski definition) is 1. The highest BCUT2D eigenvalue weighted by atomic mass is 16.2. The third-order valence-corrected chi connectivity index (χ3v) is 2.63. The molecule has 90 valence electrons. The molecule has 0 bridgehead atoms. The SMILES string of the molecule is CCN(C)C(=O)CNc1nccn2nccc12. The highest BCUT2D eigenvalue weighted by molar-refractivity contribution is 5.82. The average molecular weight is 233 g/mol. The summed E-state index contributed by atoms with van der Waals surface area (Å²) in [6.45, 7) is 2.88. The van der Waals surface area contributed by atoms with Crippen LogP contribution in [0.1, 0.15) is 6.92 Å². The normalized spacial score (nSPS) is 10.5. The minimum Gasteiger partial charge on any atom is -0.359 e. The Morgan fingerprint density at radius 2 is 2.35 bits per heavy atom. The predicted octanol–water partition coefficient (Wildman–Crippen LogP) is 0.619. The van der Waals surface area contributed by atoms with E-state index in [9.17, 15) is 4.79 Å².